The van der Waals surface area contributed by atoms with Crippen molar-refractivity contribution < 1.29 is 14.6 Å². The Morgan fingerprint density at radius 3 is 2.24 bits per heavy atom. The highest BCUT2D eigenvalue weighted by molar-refractivity contribution is 5.32. The predicted molar refractivity (Wildman–Crippen MR) is 81.5 cm³/mol. The Balaban J connectivity index is 1.77. The SMILES string of the molecule is CC(C)(C)Oc1ccc(C2(O)CC3COCC(C2)N3)cc1. The second kappa shape index (κ2) is 5.27. The van der Waals surface area contributed by atoms with E-state index in [1.165, 1.54) is 0 Å². The molecule has 2 heterocycles. The standard InChI is InChI=1S/C17H25NO3/c1-16(2,3)21-15-6-4-12(5-7-15)17(19)8-13-10-20-11-14(9-17)18-13/h4-7,13-14,18-19H,8-11H2,1-3H3. The maximum Gasteiger partial charge on any atom is 0.120 e. The van der Waals surface area contributed by atoms with Gasteiger partial charge in [-0.15, -0.1) is 0 Å². The van der Waals surface area contributed by atoms with Crippen molar-refractivity contribution in [2.75, 3.05) is 13.2 Å². The summed E-state index contributed by atoms with van der Waals surface area (Å²) in [6.45, 7) is 7.46. The molecule has 0 aliphatic carbocycles. The number of hydrogen-bond donors (Lipinski definition) is 2. The highest BCUT2D eigenvalue weighted by Gasteiger charge is 2.42. The van der Waals surface area contributed by atoms with Gasteiger partial charge in [0.1, 0.15) is 11.4 Å². The van der Waals surface area contributed by atoms with E-state index in [4.69, 9.17) is 9.47 Å². The quantitative estimate of drug-likeness (QED) is 0.877. The second-order valence-corrected chi connectivity index (χ2v) is 7.28. The lowest BCUT2D eigenvalue weighted by atomic mass is 9.78. The van der Waals surface area contributed by atoms with Crippen LogP contribution < -0.4 is 10.1 Å². The zero-order chi connectivity index (χ0) is 15.1. The summed E-state index contributed by atoms with van der Waals surface area (Å²) in [7, 11) is 0. The number of ether oxygens (including phenoxy) is 2. The minimum absolute atomic E-state index is 0.207. The molecule has 0 spiro atoms. The first-order valence-corrected chi connectivity index (χ1v) is 7.70. The molecule has 0 amide bonds. The Bertz CT molecular complexity index is 480. The Kier molecular flexibility index (Phi) is 3.72. The van der Waals surface area contributed by atoms with Gasteiger partial charge >= 0.3 is 0 Å². The summed E-state index contributed by atoms with van der Waals surface area (Å²) in [6.07, 6.45) is 1.39. The molecule has 2 N–H and O–H groups in total. The molecular formula is C17H25NO3. The van der Waals surface area contributed by atoms with Gasteiger partial charge in [0.15, 0.2) is 0 Å². The third kappa shape index (κ3) is 3.39. The van der Waals surface area contributed by atoms with Crippen LogP contribution in [0.1, 0.15) is 39.2 Å². The minimum Gasteiger partial charge on any atom is -0.488 e. The fraction of sp³-hybridized carbons (Fsp3) is 0.647. The molecule has 0 radical (unpaired) electrons. The Labute approximate surface area is 126 Å². The summed E-state index contributed by atoms with van der Waals surface area (Å²) < 4.78 is 11.4. The number of benzene rings is 1. The zero-order valence-corrected chi connectivity index (χ0v) is 13.1. The van der Waals surface area contributed by atoms with Crippen LogP contribution in [-0.2, 0) is 10.3 Å². The van der Waals surface area contributed by atoms with E-state index in [2.05, 4.69) is 5.32 Å². The molecule has 21 heavy (non-hydrogen) atoms. The van der Waals surface area contributed by atoms with E-state index in [0.717, 1.165) is 11.3 Å². The average Bonchev–Trinajstić information content (AvgIpc) is 2.36. The summed E-state index contributed by atoms with van der Waals surface area (Å²) in [5.41, 5.74) is 0.00812. The van der Waals surface area contributed by atoms with Crippen molar-refractivity contribution in [2.24, 2.45) is 0 Å². The smallest absolute Gasteiger partial charge is 0.120 e. The lowest BCUT2D eigenvalue weighted by Crippen LogP contribution is -2.58. The van der Waals surface area contributed by atoms with E-state index in [1.54, 1.807) is 0 Å². The molecule has 2 aliphatic heterocycles. The molecule has 2 unspecified atom stereocenters. The van der Waals surface area contributed by atoms with Gasteiger partial charge in [0.05, 0.1) is 18.8 Å². The van der Waals surface area contributed by atoms with Gasteiger partial charge in [-0.25, -0.2) is 0 Å². The number of aliphatic hydroxyl groups is 1. The van der Waals surface area contributed by atoms with Gasteiger partial charge in [0.2, 0.25) is 0 Å². The molecule has 2 bridgehead atoms. The number of hydrogen-bond acceptors (Lipinski definition) is 4. The van der Waals surface area contributed by atoms with Crippen LogP contribution in [0, 0.1) is 0 Å². The monoisotopic (exact) mass is 291 g/mol. The fourth-order valence-corrected chi connectivity index (χ4v) is 3.34. The number of morpholine rings is 1. The van der Waals surface area contributed by atoms with Crippen molar-refractivity contribution >= 4 is 0 Å². The number of nitrogens with one attached hydrogen (secondary N) is 1. The largest absolute Gasteiger partial charge is 0.488 e. The molecule has 2 saturated heterocycles. The number of fused-ring (bicyclic) bond motifs is 2. The molecule has 0 aromatic heterocycles. The first-order chi connectivity index (χ1) is 9.84. The Morgan fingerprint density at radius 1 is 1.14 bits per heavy atom. The van der Waals surface area contributed by atoms with Gasteiger partial charge in [-0.1, -0.05) is 12.1 Å². The van der Waals surface area contributed by atoms with Crippen LogP contribution in [0.5, 0.6) is 5.75 Å². The highest BCUT2D eigenvalue weighted by Crippen LogP contribution is 2.37. The van der Waals surface area contributed by atoms with E-state index in [1.807, 2.05) is 45.0 Å². The molecule has 1 aromatic rings. The molecule has 2 fully saturated rings. The first-order valence-electron chi connectivity index (χ1n) is 7.70. The van der Waals surface area contributed by atoms with Crippen molar-refractivity contribution in [3.63, 3.8) is 0 Å². The zero-order valence-electron chi connectivity index (χ0n) is 13.1. The maximum absolute atomic E-state index is 11.0. The van der Waals surface area contributed by atoms with Gasteiger partial charge in [-0.3, -0.25) is 0 Å². The van der Waals surface area contributed by atoms with Crippen LogP contribution in [0.15, 0.2) is 24.3 Å². The highest BCUT2D eigenvalue weighted by atomic mass is 16.5. The maximum atomic E-state index is 11.0. The van der Waals surface area contributed by atoms with Crippen LogP contribution in [0.4, 0.5) is 0 Å². The average molecular weight is 291 g/mol. The normalized spacial score (nSPS) is 32.8. The molecule has 3 rings (SSSR count). The Hall–Kier alpha value is -1.10. The molecule has 116 valence electrons. The van der Waals surface area contributed by atoms with Crippen molar-refractivity contribution in [1.82, 2.24) is 5.32 Å². The van der Waals surface area contributed by atoms with Gasteiger partial charge in [-0.05, 0) is 51.3 Å². The third-order valence-corrected chi connectivity index (χ3v) is 4.09. The van der Waals surface area contributed by atoms with Crippen molar-refractivity contribution in [2.45, 2.75) is 56.9 Å². The van der Waals surface area contributed by atoms with Crippen molar-refractivity contribution in [3.8, 4) is 5.75 Å². The molecule has 4 nitrogen and oxygen atoms in total. The van der Waals surface area contributed by atoms with Crippen molar-refractivity contribution in [1.29, 1.82) is 0 Å². The lowest BCUT2D eigenvalue weighted by Gasteiger charge is -2.45. The van der Waals surface area contributed by atoms with Gasteiger partial charge in [-0.2, -0.15) is 0 Å². The van der Waals surface area contributed by atoms with Crippen LogP contribution in [0.3, 0.4) is 0 Å². The van der Waals surface area contributed by atoms with Crippen LogP contribution in [0.2, 0.25) is 0 Å². The molecular weight excluding hydrogens is 266 g/mol. The first kappa shape index (κ1) is 14.8. The number of piperidine rings is 1. The summed E-state index contributed by atoms with van der Waals surface area (Å²) in [4.78, 5) is 0. The van der Waals surface area contributed by atoms with Crippen LogP contribution in [-0.4, -0.2) is 36.0 Å². The van der Waals surface area contributed by atoms with Crippen LogP contribution >= 0.6 is 0 Å². The van der Waals surface area contributed by atoms with Gasteiger partial charge in [0, 0.05) is 12.1 Å². The van der Waals surface area contributed by atoms with Gasteiger partial charge < -0.3 is 19.9 Å². The van der Waals surface area contributed by atoms with E-state index in [-0.39, 0.29) is 17.7 Å². The lowest BCUT2D eigenvalue weighted by molar-refractivity contribution is -0.0802. The second-order valence-electron chi connectivity index (χ2n) is 7.28. The molecule has 2 aliphatic rings. The Morgan fingerprint density at radius 2 is 1.71 bits per heavy atom. The fourth-order valence-electron chi connectivity index (χ4n) is 3.34. The molecule has 1 aromatic carbocycles. The number of rotatable bonds is 2. The van der Waals surface area contributed by atoms with E-state index >= 15 is 0 Å². The van der Waals surface area contributed by atoms with E-state index in [0.29, 0.717) is 26.1 Å². The van der Waals surface area contributed by atoms with Crippen molar-refractivity contribution in [3.05, 3.63) is 29.8 Å². The summed E-state index contributed by atoms with van der Waals surface area (Å²) in [6, 6.07) is 8.37. The van der Waals surface area contributed by atoms with Crippen LogP contribution in [0.25, 0.3) is 0 Å². The van der Waals surface area contributed by atoms with E-state index < -0.39 is 5.60 Å². The third-order valence-electron chi connectivity index (χ3n) is 4.09. The van der Waals surface area contributed by atoms with E-state index in [9.17, 15) is 5.11 Å². The predicted octanol–water partition coefficient (Wildman–Crippen LogP) is 2.20. The summed E-state index contributed by atoms with van der Waals surface area (Å²) in [5.74, 6) is 0.840. The molecule has 2 atom stereocenters. The van der Waals surface area contributed by atoms with Gasteiger partial charge in [0.25, 0.3) is 0 Å². The topological polar surface area (TPSA) is 50.7 Å². The summed E-state index contributed by atoms with van der Waals surface area (Å²) in [5, 5.41) is 14.5. The minimum atomic E-state index is -0.759. The molecule has 4 heteroatoms. The molecule has 0 saturated carbocycles. The summed E-state index contributed by atoms with van der Waals surface area (Å²) >= 11 is 0.